The number of ether oxygens (including phenoxy) is 7. The number of aliphatic hydroxyl groups is 10. The number of phosphoric acid groups is 1. The van der Waals surface area contributed by atoms with Crippen molar-refractivity contribution >= 4 is 25.7 Å². The van der Waals surface area contributed by atoms with Crippen molar-refractivity contribution in [3.63, 3.8) is 0 Å². The van der Waals surface area contributed by atoms with Gasteiger partial charge >= 0.3 is 25.7 Å². The molecule has 25 heteroatoms. The molecule has 0 aromatic heterocycles. The smallest absolute Gasteiger partial charge is 0.463 e. The lowest BCUT2D eigenvalue weighted by Gasteiger charge is -2.49. The van der Waals surface area contributed by atoms with E-state index in [2.05, 4.69) is 39.8 Å². The topological polar surface area (TPSA) is 374 Å². The predicted molar refractivity (Wildman–Crippen MR) is 375 cm³/mol. The number of aliphatic hydroxyl groups excluding tert-OH is 10. The van der Waals surface area contributed by atoms with Crippen molar-refractivity contribution in [2.75, 3.05) is 26.4 Å². The fourth-order valence-corrected chi connectivity index (χ4v) is 14.0. The zero-order chi connectivity index (χ0) is 72.6. The molecule has 2 aliphatic heterocycles. The first kappa shape index (κ1) is 90.9. The summed E-state index contributed by atoms with van der Waals surface area (Å²) in [4.78, 5) is 51.1. The molecule has 3 rings (SSSR count). The lowest BCUT2D eigenvalue weighted by molar-refractivity contribution is -0.360. The maximum Gasteiger partial charge on any atom is 0.472 e. The van der Waals surface area contributed by atoms with Gasteiger partial charge in [-0.1, -0.05) is 252 Å². The van der Waals surface area contributed by atoms with E-state index in [1.54, 1.807) is 0 Å². The highest BCUT2D eigenvalue weighted by atomic mass is 31.2. The standard InChI is InChI=1S/C74H137O24P/c1-5-8-11-14-17-19-21-23-25-27-29-31-37-42-47-58(76)90-51-55(93-60(78)49-44-39-34-33-36-41-46-54(4)45-40-35-16-13-10-7-3)52-92-99(88,89)98-72-70(96-73-68(86)63(81)61(79)56(50-75)94-73)66(84)65(83)67(85)71(72)97-74-69(87)64(82)62(80)57(95-74)53-91-59(77)48-43-38-32-30-28-26-24-22-20-18-15-12-9-6-2/h25,27,54-57,61-75,79-87H,5-24,26,28-53H2,1-4H3,(H,88,89)/b27-25-. The summed E-state index contributed by atoms with van der Waals surface area (Å²) in [7, 11) is -5.70. The molecule has 1 saturated carbocycles. The Morgan fingerprint density at radius 2 is 0.768 bits per heavy atom. The van der Waals surface area contributed by atoms with Gasteiger partial charge in [-0.05, 0) is 50.9 Å². The zero-order valence-electron chi connectivity index (χ0n) is 61.0. The van der Waals surface area contributed by atoms with Crippen LogP contribution in [0.25, 0.3) is 0 Å². The number of unbranched alkanes of at least 4 members (excludes halogenated alkanes) is 33. The minimum atomic E-state index is -5.70. The number of allylic oxidation sites excluding steroid dienone is 2. The molecule has 1 aliphatic carbocycles. The van der Waals surface area contributed by atoms with E-state index < -0.39 is 156 Å². The summed E-state index contributed by atoms with van der Waals surface area (Å²) in [6.07, 6.45) is 12.8. The fourth-order valence-electron chi connectivity index (χ4n) is 13.0. The summed E-state index contributed by atoms with van der Waals surface area (Å²) in [6.45, 7) is 5.76. The molecule has 24 nitrogen and oxygen atoms in total. The number of phosphoric ester groups is 1. The lowest BCUT2D eigenvalue weighted by Crippen LogP contribution is -2.69. The van der Waals surface area contributed by atoms with E-state index in [1.807, 2.05) is 0 Å². The summed E-state index contributed by atoms with van der Waals surface area (Å²) in [5, 5.41) is 110. The van der Waals surface area contributed by atoms with Crippen LogP contribution in [0.2, 0.25) is 0 Å². The van der Waals surface area contributed by atoms with Crippen LogP contribution < -0.4 is 0 Å². The second-order valence-electron chi connectivity index (χ2n) is 28.3. The minimum Gasteiger partial charge on any atom is -0.463 e. The van der Waals surface area contributed by atoms with E-state index >= 15 is 0 Å². The van der Waals surface area contributed by atoms with Crippen LogP contribution in [-0.4, -0.2) is 204 Å². The molecule has 0 aromatic carbocycles. The van der Waals surface area contributed by atoms with Crippen LogP contribution in [0.4, 0.5) is 0 Å². The summed E-state index contributed by atoms with van der Waals surface area (Å²) in [6, 6.07) is 0. The molecule has 3 aliphatic rings. The Kier molecular flexibility index (Phi) is 50.7. The van der Waals surface area contributed by atoms with Crippen LogP contribution in [0.5, 0.6) is 0 Å². The highest BCUT2D eigenvalue weighted by molar-refractivity contribution is 7.47. The van der Waals surface area contributed by atoms with Crippen molar-refractivity contribution in [1.82, 2.24) is 0 Å². The number of hydrogen-bond donors (Lipinski definition) is 11. The lowest BCUT2D eigenvalue weighted by atomic mass is 9.84. The molecular formula is C74H137O24P. The van der Waals surface area contributed by atoms with E-state index in [4.69, 9.17) is 42.2 Å². The first-order chi connectivity index (χ1) is 47.7. The van der Waals surface area contributed by atoms with Crippen LogP contribution in [-0.2, 0) is 61.2 Å². The summed E-state index contributed by atoms with van der Waals surface area (Å²) in [5.74, 6) is -1.32. The first-order valence-corrected chi connectivity index (χ1v) is 40.4. The Hall–Kier alpha value is -2.30. The van der Waals surface area contributed by atoms with Crippen molar-refractivity contribution in [3.05, 3.63) is 12.2 Å². The number of esters is 3. The van der Waals surface area contributed by atoms with Gasteiger partial charge in [0.05, 0.1) is 13.2 Å². The Morgan fingerprint density at radius 1 is 0.414 bits per heavy atom. The van der Waals surface area contributed by atoms with E-state index in [9.17, 15) is 74.9 Å². The van der Waals surface area contributed by atoms with Crippen LogP contribution in [0, 0.1) is 5.92 Å². The Balaban J connectivity index is 1.74. The highest BCUT2D eigenvalue weighted by Gasteiger charge is 2.58. The monoisotopic (exact) mass is 1440 g/mol. The molecule has 0 amide bonds. The highest BCUT2D eigenvalue weighted by Crippen LogP contribution is 2.49. The van der Waals surface area contributed by atoms with Crippen molar-refractivity contribution < 1.29 is 117 Å². The summed E-state index contributed by atoms with van der Waals surface area (Å²) in [5.41, 5.74) is 0. The zero-order valence-corrected chi connectivity index (χ0v) is 61.8. The molecule has 0 aromatic rings. The van der Waals surface area contributed by atoms with Gasteiger partial charge in [-0.3, -0.25) is 23.4 Å². The molecule has 19 atom stereocenters. The molecule has 2 saturated heterocycles. The Morgan fingerprint density at radius 3 is 1.20 bits per heavy atom. The Labute approximate surface area is 592 Å². The van der Waals surface area contributed by atoms with Crippen molar-refractivity contribution in [2.45, 2.75) is 408 Å². The van der Waals surface area contributed by atoms with Gasteiger partial charge in [0.25, 0.3) is 0 Å². The van der Waals surface area contributed by atoms with E-state index in [1.165, 1.54) is 141 Å². The molecule has 582 valence electrons. The molecule has 0 bridgehead atoms. The normalized spacial score (nSPS) is 27.8. The molecule has 0 radical (unpaired) electrons. The van der Waals surface area contributed by atoms with Gasteiger partial charge in [-0.25, -0.2) is 4.57 Å². The van der Waals surface area contributed by atoms with Gasteiger partial charge in [-0.2, -0.15) is 0 Å². The van der Waals surface area contributed by atoms with E-state index in [0.29, 0.717) is 25.2 Å². The van der Waals surface area contributed by atoms with Gasteiger partial charge in [-0.15, -0.1) is 0 Å². The van der Waals surface area contributed by atoms with Gasteiger partial charge in [0.1, 0.15) is 98.7 Å². The maximum atomic E-state index is 14.4. The average molecular weight is 1440 g/mol. The van der Waals surface area contributed by atoms with Gasteiger partial charge in [0.15, 0.2) is 18.7 Å². The van der Waals surface area contributed by atoms with Crippen LogP contribution in [0.1, 0.15) is 304 Å². The average Bonchev–Trinajstić information content (AvgIpc) is 0.761. The third-order valence-corrected chi connectivity index (χ3v) is 20.4. The van der Waals surface area contributed by atoms with Gasteiger partial charge < -0.3 is 89.1 Å². The Bertz CT molecular complexity index is 2110. The quantitative estimate of drug-likeness (QED) is 0.00886. The maximum absolute atomic E-state index is 14.4. The molecule has 11 N–H and O–H groups in total. The van der Waals surface area contributed by atoms with Crippen molar-refractivity contribution in [2.24, 2.45) is 5.92 Å². The molecular weight excluding hydrogens is 1300 g/mol. The SMILES string of the molecule is CCCCCCCCC/C=C\CCCCCC(=O)OCC(COP(=O)(O)OC1C(OC2OC(CO)C(O)C(O)C2O)C(O)C(O)C(O)C1OC1OC(COC(=O)CCCCCCCCCCCCCCCC)C(O)C(O)C1O)OC(=O)CCCCCCCCC(C)CCCCCCCC. The molecule has 99 heavy (non-hydrogen) atoms. The predicted octanol–water partition coefficient (Wildman–Crippen LogP) is 11.0. The summed E-state index contributed by atoms with van der Waals surface area (Å²) >= 11 is 0. The minimum absolute atomic E-state index is 0.0270. The van der Waals surface area contributed by atoms with Gasteiger partial charge in [0.2, 0.25) is 0 Å². The number of carbonyl (C=O) groups is 3. The van der Waals surface area contributed by atoms with E-state index in [-0.39, 0.29) is 19.3 Å². The third-order valence-electron chi connectivity index (χ3n) is 19.4. The fraction of sp³-hybridized carbons (Fsp3) is 0.932. The first-order valence-electron chi connectivity index (χ1n) is 38.9. The third kappa shape index (κ3) is 38.5. The molecule has 2 heterocycles. The summed E-state index contributed by atoms with van der Waals surface area (Å²) < 4.78 is 65.1. The number of carbonyl (C=O) groups excluding carboxylic acids is 3. The van der Waals surface area contributed by atoms with Gasteiger partial charge in [0, 0.05) is 19.3 Å². The number of hydrogen-bond acceptors (Lipinski definition) is 23. The second-order valence-corrected chi connectivity index (χ2v) is 29.8. The molecule has 0 spiro atoms. The van der Waals surface area contributed by atoms with Crippen LogP contribution in [0.3, 0.4) is 0 Å². The largest absolute Gasteiger partial charge is 0.472 e. The van der Waals surface area contributed by atoms with E-state index in [0.717, 1.165) is 96.3 Å². The molecule has 19 unspecified atom stereocenters. The van der Waals surface area contributed by atoms with Crippen molar-refractivity contribution in [1.29, 1.82) is 0 Å². The van der Waals surface area contributed by atoms with Crippen LogP contribution in [0.15, 0.2) is 12.2 Å². The molecule has 3 fully saturated rings. The van der Waals surface area contributed by atoms with Crippen molar-refractivity contribution in [3.8, 4) is 0 Å². The number of rotatable bonds is 60. The van der Waals surface area contributed by atoms with Crippen LogP contribution >= 0.6 is 7.82 Å². The second kappa shape index (κ2) is 55.2.